The van der Waals surface area contributed by atoms with Gasteiger partial charge in [0.1, 0.15) is 0 Å². The third-order valence-electron chi connectivity index (χ3n) is 2.37. The quantitative estimate of drug-likeness (QED) is 0.196. The van der Waals surface area contributed by atoms with E-state index in [9.17, 15) is 24.3 Å². The minimum atomic E-state index is -1.31. The predicted octanol–water partition coefficient (Wildman–Crippen LogP) is -4.23. The van der Waals surface area contributed by atoms with Crippen LogP contribution >= 0.6 is 0 Å². The summed E-state index contributed by atoms with van der Waals surface area (Å²) in [5.74, 6) is -5.16. The molecule has 0 bridgehead atoms. The van der Waals surface area contributed by atoms with E-state index < -0.39 is 56.2 Å². The van der Waals surface area contributed by atoms with Crippen LogP contribution in [0.4, 0.5) is 0 Å². The Morgan fingerprint density at radius 2 is 0.769 bits per heavy atom. The summed E-state index contributed by atoms with van der Waals surface area (Å²) in [5.41, 5.74) is 0. The Balaban J connectivity index is -0.000000367. The Morgan fingerprint density at radius 3 is 0.923 bits per heavy atom. The van der Waals surface area contributed by atoms with Crippen LogP contribution in [0.5, 0.6) is 0 Å². The first-order chi connectivity index (χ1) is 10.1. The van der Waals surface area contributed by atoms with Gasteiger partial charge in [0, 0.05) is 131 Å². The Bertz CT molecular complexity index is 372. The smallest absolute Gasteiger partial charge is 0.317 e. The Morgan fingerprint density at radius 1 is 0.577 bits per heavy atom. The number of hydrogen-bond acceptors (Lipinski definition) is 7. The van der Waals surface area contributed by atoms with Crippen molar-refractivity contribution in [1.29, 1.82) is 0 Å². The number of hydrogen-bond donors (Lipinski definition) is 5. The second kappa shape index (κ2) is 21.5. The van der Waals surface area contributed by atoms with Crippen molar-refractivity contribution >= 4 is 142 Å². The van der Waals surface area contributed by atoms with E-state index in [0.717, 1.165) is 9.80 Å². The molecule has 0 aliphatic rings. The largest absolute Gasteiger partial charge is 0.480 e. The van der Waals surface area contributed by atoms with Crippen LogP contribution in [0.3, 0.4) is 0 Å². The average Bonchev–Trinajstić information content (AvgIpc) is 2.23. The van der Waals surface area contributed by atoms with E-state index in [1.807, 2.05) is 0 Å². The molecule has 0 aliphatic carbocycles. The monoisotopic (exact) mass is 414 g/mol. The van der Waals surface area contributed by atoms with Crippen LogP contribution in [0.15, 0.2) is 0 Å². The zero-order valence-corrected chi connectivity index (χ0v) is 23.6. The number of carboxylic acids is 4. The van der Waals surface area contributed by atoms with E-state index >= 15 is 0 Å². The van der Waals surface area contributed by atoms with E-state index in [0.29, 0.717) is 0 Å². The molecule has 0 amide bonds. The molecule has 4 radical (unpaired) electrons. The second-order valence-corrected chi connectivity index (χ2v) is 4.57. The van der Waals surface area contributed by atoms with Crippen molar-refractivity contribution in [2.75, 3.05) is 39.3 Å². The zero-order valence-electron chi connectivity index (χ0n) is 15.6. The first-order valence-corrected chi connectivity index (χ1v) is 6.10. The molecular weight excluding hydrogens is 396 g/mol. The van der Waals surface area contributed by atoms with Gasteiger partial charge in [-0.1, -0.05) is 0 Å². The van der Waals surface area contributed by atoms with Crippen LogP contribution < -0.4 is 0 Å². The van der Waals surface area contributed by atoms with Gasteiger partial charge in [-0.15, -0.1) is 0 Å². The third-order valence-corrected chi connectivity index (χ3v) is 2.37. The van der Waals surface area contributed by atoms with Crippen molar-refractivity contribution in [1.82, 2.24) is 9.80 Å². The van der Waals surface area contributed by atoms with E-state index in [1.54, 1.807) is 0 Å². The first-order valence-electron chi connectivity index (χ1n) is 6.10. The van der Waals surface area contributed by atoms with Crippen molar-refractivity contribution in [2.24, 2.45) is 0 Å². The fraction of sp³-hybridized carbons (Fsp3) is 0.636. The topological polar surface area (TPSA) is 176 Å². The summed E-state index contributed by atoms with van der Waals surface area (Å²) in [7, 11) is 0. The van der Waals surface area contributed by atoms with Gasteiger partial charge < -0.3 is 25.5 Å². The minimum Gasteiger partial charge on any atom is -0.480 e. The third kappa shape index (κ3) is 23.8. The molecule has 0 saturated carbocycles. The Labute approximate surface area is 238 Å². The van der Waals surface area contributed by atoms with Crippen molar-refractivity contribution in [3.8, 4) is 0 Å². The Hall–Kier alpha value is 1.76. The van der Waals surface area contributed by atoms with E-state index in [2.05, 4.69) is 0 Å². The number of aliphatic hydroxyl groups excluding tert-OH is 1. The second-order valence-electron chi connectivity index (χ2n) is 4.57. The van der Waals surface area contributed by atoms with Gasteiger partial charge in [0.15, 0.2) is 0 Å². The van der Waals surface area contributed by atoms with Gasteiger partial charge >= 0.3 is 23.9 Å². The molecule has 15 heteroatoms. The molecule has 0 saturated heterocycles. The summed E-state index contributed by atoms with van der Waals surface area (Å²) < 4.78 is 0. The maximum absolute atomic E-state index is 10.6. The molecule has 0 aromatic heterocycles. The minimum absolute atomic E-state index is 0. The molecule has 0 fully saturated rings. The summed E-state index contributed by atoms with van der Waals surface area (Å²) in [6.07, 6.45) is -1.31. The van der Waals surface area contributed by atoms with Gasteiger partial charge in [-0.25, -0.2) is 0 Å². The van der Waals surface area contributed by atoms with Gasteiger partial charge in [0.25, 0.3) is 0 Å². The summed E-state index contributed by atoms with van der Waals surface area (Å²) in [6, 6.07) is 0. The zero-order chi connectivity index (χ0) is 17.3. The number of nitrogens with zero attached hydrogens (tertiary/aromatic N) is 2. The normalized spacial score (nSPS) is 9.38. The number of aliphatic hydroxyl groups is 1. The van der Waals surface area contributed by atoms with E-state index in [1.165, 1.54) is 0 Å². The average molecular weight is 414 g/mol. The van der Waals surface area contributed by atoms with Crippen LogP contribution in [0.1, 0.15) is 0 Å². The summed E-state index contributed by atoms with van der Waals surface area (Å²) >= 11 is 0. The van der Waals surface area contributed by atoms with Crippen LogP contribution in [-0.2, 0) is 19.2 Å². The van der Waals surface area contributed by atoms with Crippen LogP contribution in [0.25, 0.3) is 0 Å². The van der Waals surface area contributed by atoms with Crippen LogP contribution in [-0.4, -0.2) is 223 Å². The molecule has 0 unspecified atom stereocenters. The summed E-state index contributed by atoms with van der Waals surface area (Å²) in [4.78, 5) is 44.3. The molecule has 0 aliphatic heterocycles. The van der Waals surface area contributed by atoms with Crippen molar-refractivity contribution in [3.05, 3.63) is 0 Å². The first kappa shape index (κ1) is 38.4. The number of rotatable bonds is 12. The molecule has 130 valence electrons. The van der Waals surface area contributed by atoms with Gasteiger partial charge in [-0.2, -0.15) is 0 Å². The van der Waals surface area contributed by atoms with E-state index in [4.69, 9.17) is 20.4 Å². The van der Waals surface area contributed by atoms with Crippen LogP contribution in [0, 0.1) is 0 Å². The van der Waals surface area contributed by atoms with Gasteiger partial charge in [-0.05, 0) is 0 Å². The number of carboxylic acid groups (broad SMARTS) is 4. The van der Waals surface area contributed by atoms with E-state index in [-0.39, 0.29) is 131 Å². The molecule has 0 heterocycles. The predicted molar refractivity (Wildman–Crippen MR) is 92.4 cm³/mol. The van der Waals surface area contributed by atoms with Crippen molar-refractivity contribution in [3.63, 3.8) is 0 Å². The molecule has 0 spiro atoms. The fourth-order valence-electron chi connectivity index (χ4n) is 1.79. The molecule has 26 heavy (non-hydrogen) atoms. The standard InChI is InChI=1S/C11H18N2O9.4Na/c14-7(1-12(3-8(15)16)4-9(17)18)2-13(5-10(19)20)6-11(21)22;;;;/h7,14H,1-6H2,(H,15,16)(H,17,18)(H,19,20)(H,21,22);;;;. The molecular formula is C11H18N2Na4O9. The molecule has 0 aromatic rings. The SMILES string of the molecule is O=C(O)CN(CC(=O)O)CC(O)CN(CC(=O)O)CC(=O)O.[Na].[Na].[Na].[Na]. The van der Waals surface area contributed by atoms with Crippen molar-refractivity contribution in [2.45, 2.75) is 6.10 Å². The maximum Gasteiger partial charge on any atom is 0.317 e. The molecule has 11 nitrogen and oxygen atoms in total. The number of aliphatic carboxylic acids is 4. The molecule has 5 N–H and O–H groups in total. The van der Waals surface area contributed by atoms with Gasteiger partial charge in [0.05, 0.1) is 32.3 Å². The molecule has 0 rings (SSSR count). The summed E-state index contributed by atoms with van der Waals surface area (Å²) in [5, 5.41) is 44.4. The van der Waals surface area contributed by atoms with Crippen LogP contribution in [0.2, 0.25) is 0 Å². The molecule has 0 aromatic carbocycles. The summed E-state index contributed by atoms with van der Waals surface area (Å²) in [6.45, 7) is -3.20. The maximum atomic E-state index is 10.6. The molecule has 0 atom stereocenters. The van der Waals surface area contributed by atoms with Crippen molar-refractivity contribution < 1.29 is 44.7 Å². The fourth-order valence-corrected chi connectivity index (χ4v) is 1.79. The van der Waals surface area contributed by atoms with Gasteiger partial charge in [-0.3, -0.25) is 29.0 Å². The van der Waals surface area contributed by atoms with Gasteiger partial charge in [0.2, 0.25) is 0 Å². The Kier molecular flexibility index (Phi) is 31.7. The number of carbonyl (C=O) groups is 4.